The lowest BCUT2D eigenvalue weighted by Gasteiger charge is -2.06. The van der Waals surface area contributed by atoms with E-state index in [2.05, 4.69) is 52.5 Å². The van der Waals surface area contributed by atoms with Gasteiger partial charge in [-0.3, -0.25) is 5.10 Å². The van der Waals surface area contributed by atoms with Crippen LogP contribution < -0.4 is 5.32 Å². The van der Waals surface area contributed by atoms with Crippen LogP contribution in [0.2, 0.25) is 0 Å². The fourth-order valence-electron chi connectivity index (χ4n) is 1.57. The Morgan fingerprint density at radius 3 is 2.50 bits per heavy atom. The minimum atomic E-state index is 0.370. The molecule has 0 spiro atoms. The Labute approximate surface area is 98.8 Å². The summed E-state index contributed by atoms with van der Waals surface area (Å²) in [5, 5.41) is 9.63. The SMILES string of the molecule is Cc1cc(C)cc(Nc2cn[nH]c(=S)n2)c1. The molecule has 2 rings (SSSR count). The average Bonchev–Trinajstić information content (AvgIpc) is 2.15. The van der Waals surface area contributed by atoms with Gasteiger partial charge in [0, 0.05) is 5.69 Å². The zero-order valence-electron chi connectivity index (χ0n) is 9.11. The van der Waals surface area contributed by atoms with Crippen LogP contribution in [0.3, 0.4) is 0 Å². The molecule has 2 N–H and O–H groups in total. The van der Waals surface area contributed by atoms with Gasteiger partial charge < -0.3 is 5.32 Å². The fourth-order valence-corrected chi connectivity index (χ4v) is 1.72. The van der Waals surface area contributed by atoms with Gasteiger partial charge in [0.2, 0.25) is 4.77 Å². The van der Waals surface area contributed by atoms with Crippen LogP contribution in [0, 0.1) is 18.6 Å². The first kappa shape index (κ1) is 10.8. The lowest BCUT2D eigenvalue weighted by Crippen LogP contribution is -1.97. The summed E-state index contributed by atoms with van der Waals surface area (Å²) in [4.78, 5) is 4.11. The van der Waals surface area contributed by atoms with Crippen molar-refractivity contribution in [1.29, 1.82) is 0 Å². The Morgan fingerprint density at radius 1 is 1.19 bits per heavy atom. The van der Waals surface area contributed by atoms with Gasteiger partial charge in [0.15, 0.2) is 5.82 Å². The van der Waals surface area contributed by atoms with Gasteiger partial charge in [0.25, 0.3) is 0 Å². The topological polar surface area (TPSA) is 53.6 Å². The third-order valence-corrected chi connectivity index (χ3v) is 2.25. The smallest absolute Gasteiger partial charge is 0.215 e. The maximum Gasteiger partial charge on any atom is 0.215 e. The first-order valence-electron chi connectivity index (χ1n) is 4.90. The van der Waals surface area contributed by atoms with E-state index in [1.165, 1.54) is 11.1 Å². The maximum absolute atomic E-state index is 4.90. The number of hydrogen-bond donors (Lipinski definition) is 2. The second-order valence-corrected chi connectivity index (χ2v) is 4.06. The Bertz CT molecular complexity index is 542. The van der Waals surface area contributed by atoms with E-state index in [1.807, 2.05) is 0 Å². The zero-order valence-corrected chi connectivity index (χ0v) is 9.93. The molecule has 0 bridgehead atoms. The van der Waals surface area contributed by atoms with Gasteiger partial charge in [-0.15, -0.1) is 0 Å². The molecule has 0 aliphatic rings. The Hall–Kier alpha value is -1.75. The van der Waals surface area contributed by atoms with Crippen molar-refractivity contribution in [3.05, 3.63) is 40.3 Å². The standard InChI is InChI=1S/C11H12N4S/c1-7-3-8(2)5-9(4-7)13-10-6-12-15-11(16)14-10/h3-6H,1-2H3,(H2,13,14,15,16). The van der Waals surface area contributed by atoms with Gasteiger partial charge in [-0.2, -0.15) is 10.1 Å². The van der Waals surface area contributed by atoms with Crippen LogP contribution >= 0.6 is 12.2 Å². The number of anilines is 2. The molecule has 1 heterocycles. The van der Waals surface area contributed by atoms with Crippen molar-refractivity contribution >= 4 is 23.7 Å². The number of aryl methyl sites for hydroxylation is 2. The summed E-state index contributed by atoms with van der Waals surface area (Å²) >= 11 is 4.90. The first-order valence-corrected chi connectivity index (χ1v) is 5.31. The lowest BCUT2D eigenvalue weighted by atomic mass is 10.1. The van der Waals surface area contributed by atoms with E-state index < -0.39 is 0 Å². The molecule has 0 saturated heterocycles. The van der Waals surface area contributed by atoms with E-state index in [1.54, 1.807) is 6.20 Å². The number of aromatic nitrogens is 3. The highest BCUT2D eigenvalue weighted by molar-refractivity contribution is 7.71. The number of benzene rings is 1. The molecule has 0 amide bonds. The summed E-state index contributed by atoms with van der Waals surface area (Å²) in [6, 6.07) is 6.22. The van der Waals surface area contributed by atoms with Gasteiger partial charge in [-0.05, 0) is 49.3 Å². The minimum Gasteiger partial charge on any atom is -0.339 e. The number of H-pyrrole nitrogens is 1. The molecule has 4 nitrogen and oxygen atoms in total. The van der Waals surface area contributed by atoms with E-state index in [4.69, 9.17) is 12.2 Å². The van der Waals surface area contributed by atoms with Crippen LogP contribution in [0.1, 0.15) is 11.1 Å². The Balaban J connectivity index is 2.30. The van der Waals surface area contributed by atoms with Crippen LogP contribution in [0.15, 0.2) is 24.4 Å². The van der Waals surface area contributed by atoms with Crippen LogP contribution in [-0.2, 0) is 0 Å². The molecular formula is C11H12N4S. The molecule has 1 aromatic carbocycles. The normalized spacial score (nSPS) is 10.1. The van der Waals surface area contributed by atoms with E-state index in [0.717, 1.165) is 5.69 Å². The van der Waals surface area contributed by atoms with Crippen molar-refractivity contribution in [3.63, 3.8) is 0 Å². The van der Waals surface area contributed by atoms with Crippen molar-refractivity contribution < 1.29 is 0 Å². The number of nitrogens with zero attached hydrogens (tertiary/aromatic N) is 2. The van der Waals surface area contributed by atoms with Crippen molar-refractivity contribution in [2.24, 2.45) is 0 Å². The molecule has 2 aromatic rings. The maximum atomic E-state index is 4.90. The summed E-state index contributed by atoms with van der Waals surface area (Å²) in [6.07, 6.45) is 1.60. The predicted molar refractivity (Wildman–Crippen MR) is 66.4 cm³/mol. The molecule has 0 aliphatic heterocycles. The Morgan fingerprint density at radius 2 is 1.88 bits per heavy atom. The van der Waals surface area contributed by atoms with Crippen LogP contribution in [0.4, 0.5) is 11.5 Å². The van der Waals surface area contributed by atoms with Gasteiger partial charge in [0.05, 0.1) is 6.20 Å². The van der Waals surface area contributed by atoms with Gasteiger partial charge in [-0.1, -0.05) is 6.07 Å². The summed E-state index contributed by atoms with van der Waals surface area (Å²) in [5.41, 5.74) is 3.40. The molecule has 82 valence electrons. The minimum absolute atomic E-state index is 0.370. The average molecular weight is 232 g/mol. The van der Waals surface area contributed by atoms with Crippen LogP contribution in [-0.4, -0.2) is 15.2 Å². The number of rotatable bonds is 2. The Kier molecular flexibility index (Phi) is 2.96. The largest absolute Gasteiger partial charge is 0.339 e. The van der Waals surface area contributed by atoms with Crippen LogP contribution in [0.5, 0.6) is 0 Å². The summed E-state index contributed by atoms with van der Waals surface area (Å²) in [7, 11) is 0. The highest BCUT2D eigenvalue weighted by Gasteiger charge is 1.98. The summed E-state index contributed by atoms with van der Waals surface area (Å²) in [5.74, 6) is 0.647. The van der Waals surface area contributed by atoms with E-state index in [0.29, 0.717) is 10.6 Å². The number of hydrogen-bond acceptors (Lipinski definition) is 4. The quantitative estimate of drug-likeness (QED) is 0.782. The fraction of sp³-hybridized carbons (Fsp3) is 0.182. The highest BCUT2D eigenvalue weighted by atomic mass is 32.1. The first-order chi connectivity index (χ1) is 7.63. The van der Waals surface area contributed by atoms with Crippen molar-refractivity contribution in [2.45, 2.75) is 13.8 Å². The molecule has 0 aliphatic carbocycles. The van der Waals surface area contributed by atoms with Crippen molar-refractivity contribution in [2.75, 3.05) is 5.32 Å². The molecule has 0 radical (unpaired) electrons. The van der Waals surface area contributed by atoms with Crippen LogP contribution in [0.25, 0.3) is 0 Å². The predicted octanol–water partition coefficient (Wildman–Crippen LogP) is 2.89. The van der Waals surface area contributed by atoms with Gasteiger partial charge in [0.1, 0.15) is 0 Å². The lowest BCUT2D eigenvalue weighted by molar-refractivity contribution is 0.953. The molecule has 0 saturated carbocycles. The van der Waals surface area contributed by atoms with Crippen molar-refractivity contribution in [3.8, 4) is 0 Å². The summed E-state index contributed by atoms with van der Waals surface area (Å²) in [6.45, 7) is 4.11. The monoisotopic (exact) mass is 232 g/mol. The third-order valence-electron chi connectivity index (χ3n) is 2.06. The second kappa shape index (κ2) is 4.40. The van der Waals surface area contributed by atoms with Gasteiger partial charge >= 0.3 is 0 Å². The molecule has 0 atom stereocenters. The zero-order chi connectivity index (χ0) is 11.5. The molecule has 1 aromatic heterocycles. The molecule has 16 heavy (non-hydrogen) atoms. The van der Waals surface area contributed by atoms with E-state index >= 15 is 0 Å². The molecule has 0 unspecified atom stereocenters. The summed E-state index contributed by atoms with van der Waals surface area (Å²) < 4.78 is 0.370. The van der Waals surface area contributed by atoms with E-state index in [-0.39, 0.29) is 0 Å². The molecule has 0 fully saturated rings. The highest BCUT2D eigenvalue weighted by Crippen LogP contribution is 2.17. The number of aromatic amines is 1. The second-order valence-electron chi connectivity index (χ2n) is 3.67. The molecule has 5 heteroatoms. The number of nitrogens with one attached hydrogen (secondary N) is 2. The third kappa shape index (κ3) is 2.64. The molecular weight excluding hydrogens is 220 g/mol. The van der Waals surface area contributed by atoms with E-state index in [9.17, 15) is 0 Å². The van der Waals surface area contributed by atoms with Gasteiger partial charge in [-0.25, -0.2) is 0 Å². The van der Waals surface area contributed by atoms with Crippen molar-refractivity contribution in [1.82, 2.24) is 15.2 Å².